The highest BCUT2D eigenvalue weighted by Crippen LogP contribution is 2.50. The molecule has 0 aromatic carbocycles. The summed E-state index contributed by atoms with van der Waals surface area (Å²) in [5.74, 6) is 8.57. The van der Waals surface area contributed by atoms with Gasteiger partial charge < -0.3 is 0 Å². The summed E-state index contributed by atoms with van der Waals surface area (Å²) in [4.78, 5) is 0. The number of hydrogen-bond donors (Lipinski definition) is 2. The Bertz CT molecular complexity index is 484. The Kier molecular flexibility index (Phi) is 4.07. The van der Waals surface area contributed by atoms with Crippen LogP contribution in [0.2, 0.25) is 5.02 Å². The largest absolute Gasteiger partial charge is 0.271 e. The molecule has 20 heavy (non-hydrogen) atoms. The summed E-state index contributed by atoms with van der Waals surface area (Å²) in [7, 11) is 1.96. The van der Waals surface area contributed by atoms with E-state index in [0.29, 0.717) is 6.04 Å². The number of nitrogens with zero attached hydrogens (tertiary/aromatic N) is 2. The molecule has 3 rings (SSSR count). The Morgan fingerprint density at radius 2 is 2.25 bits per heavy atom. The molecule has 112 valence electrons. The van der Waals surface area contributed by atoms with Gasteiger partial charge in [0.05, 0.1) is 16.4 Å². The lowest BCUT2D eigenvalue weighted by molar-refractivity contribution is 0.276. The maximum Gasteiger partial charge on any atom is 0.0847 e. The number of fused-ring (bicyclic) bond motifs is 2. The van der Waals surface area contributed by atoms with Gasteiger partial charge in [-0.05, 0) is 50.4 Å². The Morgan fingerprint density at radius 1 is 1.45 bits per heavy atom. The predicted octanol–water partition coefficient (Wildman–Crippen LogP) is 2.58. The molecule has 0 spiro atoms. The van der Waals surface area contributed by atoms with Gasteiger partial charge in [0, 0.05) is 19.5 Å². The first-order chi connectivity index (χ1) is 9.58. The standard InChI is InChI=1S/C15H25ClN4/c1-9-15(16)14(20(2)19-9)8-13(18-17)7-12-6-10-3-4-11(12)5-10/h10-13,18H,3-8,17H2,1-2H3. The molecule has 4 unspecified atom stereocenters. The molecule has 0 aliphatic heterocycles. The van der Waals surface area contributed by atoms with Crippen LogP contribution in [-0.4, -0.2) is 15.8 Å². The van der Waals surface area contributed by atoms with E-state index in [-0.39, 0.29) is 0 Å². The number of nitrogens with one attached hydrogen (secondary N) is 1. The van der Waals surface area contributed by atoms with Gasteiger partial charge in [0.1, 0.15) is 0 Å². The Morgan fingerprint density at radius 3 is 2.75 bits per heavy atom. The second-order valence-corrected chi connectivity index (χ2v) is 7.09. The highest BCUT2D eigenvalue weighted by atomic mass is 35.5. The number of nitrogens with two attached hydrogens (primary N) is 1. The molecular formula is C15H25ClN4. The third-order valence-corrected chi connectivity index (χ3v) is 5.90. The molecule has 5 heteroatoms. The van der Waals surface area contributed by atoms with Crippen molar-refractivity contribution >= 4 is 11.6 Å². The molecule has 0 saturated heterocycles. The van der Waals surface area contributed by atoms with E-state index in [9.17, 15) is 0 Å². The lowest BCUT2D eigenvalue weighted by atomic mass is 9.83. The Labute approximate surface area is 126 Å². The topological polar surface area (TPSA) is 55.9 Å². The molecule has 2 aliphatic carbocycles. The van der Waals surface area contributed by atoms with Crippen molar-refractivity contribution in [3.05, 3.63) is 16.4 Å². The average Bonchev–Trinajstić information content (AvgIpc) is 3.09. The minimum absolute atomic E-state index is 0.298. The zero-order valence-electron chi connectivity index (χ0n) is 12.4. The van der Waals surface area contributed by atoms with Crippen molar-refractivity contribution in [2.24, 2.45) is 30.6 Å². The molecule has 1 aromatic rings. The van der Waals surface area contributed by atoms with Crippen LogP contribution in [0.15, 0.2) is 0 Å². The highest BCUT2D eigenvalue weighted by molar-refractivity contribution is 6.31. The van der Waals surface area contributed by atoms with Crippen LogP contribution in [0.1, 0.15) is 43.5 Å². The number of hydrazine groups is 1. The van der Waals surface area contributed by atoms with Crippen molar-refractivity contribution in [1.82, 2.24) is 15.2 Å². The van der Waals surface area contributed by atoms with Gasteiger partial charge in [0.15, 0.2) is 0 Å². The molecule has 2 fully saturated rings. The van der Waals surface area contributed by atoms with Crippen LogP contribution in [-0.2, 0) is 13.5 Å². The minimum atomic E-state index is 0.298. The van der Waals surface area contributed by atoms with Gasteiger partial charge in [-0.2, -0.15) is 5.10 Å². The van der Waals surface area contributed by atoms with E-state index >= 15 is 0 Å². The smallest absolute Gasteiger partial charge is 0.0847 e. The van der Waals surface area contributed by atoms with Crippen molar-refractivity contribution in [3.63, 3.8) is 0 Å². The lowest BCUT2D eigenvalue weighted by Gasteiger charge is -2.26. The number of hydrogen-bond acceptors (Lipinski definition) is 3. The highest BCUT2D eigenvalue weighted by Gasteiger charge is 2.40. The molecule has 2 bridgehead atoms. The van der Waals surface area contributed by atoms with E-state index in [2.05, 4.69) is 10.5 Å². The van der Waals surface area contributed by atoms with Crippen molar-refractivity contribution in [2.45, 2.75) is 51.5 Å². The van der Waals surface area contributed by atoms with Gasteiger partial charge >= 0.3 is 0 Å². The summed E-state index contributed by atoms with van der Waals surface area (Å²) in [5, 5.41) is 5.18. The zero-order chi connectivity index (χ0) is 14.3. The van der Waals surface area contributed by atoms with Crippen LogP contribution < -0.4 is 11.3 Å². The first-order valence-corrected chi connectivity index (χ1v) is 8.10. The molecule has 2 saturated carbocycles. The maximum atomic E-state index is 6.34. The van der Waals surface area contributed by atoms with Crippen LogP contribution in [0.25, 0.3) is 0 Å². The summed E-state index contributed by atoms with van der Waals surface area (Å²) in [6.07, 6.45) is 7.76. The minimum Gasteiger partial charge on any atom is -0.271 e. The first-order valence-electron chi connectivity index (χ1n) is 7.72. The summed E-state index contributed by atoms with van der Waals surface area (Å²) in [6, 6.07) is 0.298. The molecule has 1 heterocycles. The fourth-order valence-electron chi connectivity index (χ4n) is 4.38. The second kappa shape index (κ2) is 5.66. The third kappa shape index (κ3) is 2.61. The van der Waals surface area contributed by atoms with E-state index in [4.69, 9.17) is 17.4 Å². The van der Waals surface area contributed by atoms with Crippen LogP contribution in [0.4, 0.5) is 0 Å². The van der Waals surface area contributed by atoms with Crippen molar-refractivity contribution in [1.29, 1.82) is 0 Å². The van der Waals surface area contributed by atoms with Crippen molar-refractivity contribution < 1.29 is 0 Å². The molecule has 0 amide bonds. The predicted molar refractivity (Wildman–Crippen MR) is 81.3 cm³/mol. The van der Waals surface area contributed by atoms with Crippen LogP contribution in [0.5, 0.6) is 0 Å². The van der Waals surface area contributed by atoms with E-state index in [1.54, 1.807) is 0 Å². The number of aromatic nitrogens is 2. The second-order valence-electron chi connectivity index (χ2n) is 6.71. The fourth-order valence-corrected chi connectivity index (χ4v) is 4.61. The van der Waals surface area contributed by atoms with Crippen LogP contribution >= 0.6 is 11.6 Å². The van der Waals surface area contributed by atoms with Gasteiger partial charge in [0.2, 0.25) is 0 Å². The van der Waals surface area contributed by atoms with Crippen molar-refractivity contribution in [3.8, 4) is 0 Å². The fraction of sp³-hybridized carbons (Fsp3) is 0.800. The Hall–Kier alpha value is -0.580. The number of aryl methyl sites for hydroxylation is 2. The first kappa shape index (κ1) is 14.4. The quantitative estimate of drug-likeness (QED) is 0.649. The lowest BCUT2D eigenvalue weighted by Crippen LogP contribution is -2.39. The monoisotopic (exact) mass is 296 g/mol. The van der Waals surface area contributed by atoms with Crippen LogP contribution in [0.3, 0.4) is 0 Å². The molecule has 1 aromatic heterocycles. The summed E-state index contributed by atoms with van der Waals surface area (Å²) in [5.41, 5.74) is 5.00. The molecular weight excluding hydrogens is 272 g/mol. The molecule has 2 aliphatic rings. The molecule has 4 nitrogen and oxygen atoms in total. The van der Waals surface area contributed by atoms with Crippen molar-refractivity contribution in [2.75, 3.05) is 0 Å². The Balaban J connectivity index is 1.65. The van der Waals surface area contributed by atoms with Gasteiger partial charge in [-0.25, -0.2) is 0 Å². The van der Waals surface area contributed by atoms with Gasteiger partial charge in [-0.3, -0.25) is 16.0 Å². The summed E-state index contributed by atoms with van der Waals surface area (Å²) >= 11 is 6.34. The summed E-state index contributed by atoms with van der Waals surface area (Å²) < 4.78 is 1.89. The zero-order valence-corrected chi connectivity index (χ0v) is 13.2. The third-order valence-electron chi connectivity index (χ3n) is 5.41. The van der Waals surface area contributed by atoms with E-state index < -0.39 is 0 Å². The van der Waals surface area contributed by atoms with E-state index in [1.165, 1.54) is 25.7 Å². The van der Waals surface area contributed by atoms with E-state index in [0.717, 1.165) is 47.0 Å². The average molecular weight is 297 g/mol. The van der Waals surface area contributed by atoms with Crippen LogP contribution in [0, 0.1) is 24.7 Å². The molecule has 3 N–H and O–H groups in total. The maximum absolute atomic E-state index is 6.34. The van der Waals surface area contributed by atoms with Gasteiger partial charge in [-0.1, -0.05) is 18.0 Å². The normalized spacial score (nSPS) is 30.1. The van der Waals surface area contributed by atoms with Gasteiger partial charge in [0.25, 0.3) is 0 Å². The summed E-state index contributed by atoms with van der Waals surface area (Å²) in [6.45, 7) is 1.95. The number of halogens is 1. The van der Waals surface area contributed by atoms with E-state index in [1.807, 2.05) is 18.7 Å². The van der Waals surface area contributed by atoms with Gasteiger partial charge in [-0.15, -0.1) is 0 Å². The molecule has 4 atom stereocenters. The SMILES string of the molecule is Cc1nn(C)c(CC(CC2CC3CCC2C3)NN)c1Cl. The molecule has 0 radical (unpaired) electrons. The number of rotatable bonds is 5.